The van der Waals surface area contributed by atoms with E-state index in [0.717, 1.165) is 6.42 Å². The molecule has 0 nitrogen and oxygen atoms in total. The molecule has 8 rings (SSSR count). The molecule has 0 unspecified atom stereocenters. The maximum Gasteiger partial charge on any atom is -0.109 e. The molecule has 1 heteroatoms. The Morgan fingerprint density at radius 2 is 0.920 bits per heavy atom. The molecule has 5 aromatic rings. The third-order valence-electron chi connectivity index (χ3n) is 11.9. The van der Waals surface area contributed by atoms with Crippen LogP contribution in [0.3, 0.4) is 0 Å². The monoisotopic (exact) mass is 734 g/mol. The quantitative estimate of drug-likeness (QED) is 0.158. The number of benzene rings is 4. The van der Waals surface area contributed by atoms with E-state index in [1.807, 2.05) is 12.2 Å². The van der Waals surface area contributed by atoms with Gasteiger partial charge in [0.25, 0.3) is 0 Å². The van der Waals surface area contributed by atoms with E-state index in [1.54, 1.807) is 22.3 Å². The minimum Gasteiger partial charge on any atom is -0.273 e. The second-order valence-corrected chi connectivity index (χ2v) is 19.0. The Hall–Kier alpha value is -3.02. The number of aryl methyl sites for hydroxylation is 2. The minimum absolute atomic E-state index is 0.262. The van der Waals surface area contributed by atoms with Crippen molar-refractivity contribution < 1.29 is 24.2 Å². The summed E-state index contributed by atoms with van der Waals surface area (Å²) in [4.78, 5) is 0. The van der Waals surface area contributed by atoms with Crippen molar-refractivity contribution in [1.29, 1.82) is 0 Å². The smallest absolute Gasteiger partial charge is 0.109 e. The Labute approximate surface area is 317 Å². The predicted octanol–water partition coefficient (Wildman–Crippen LogP) is 13.1. The summed E-state index contributed by atoms with van der Waals surface area (Å²) < 4.78 is 1.42. The zero-order chi connectivity index (χ0) is 36.1. The Balaban J connectivity index is 0.000000171. The largest absolute Gasteiger partial charge is 0.273 e. The van der Waals surface area contributed by atoms with Crippen LogP contribution in [0, 0.1) is 19.9 Å². The molecule has 0 radical (unpaired) electrons. The van der Waals surface area contributed by atoms with Crippen LogP contribution >= 0.6 is 0 Å². The topological polar surface area (TPSA) is 0 Å². The van der Waals surface area contributed by atoms with Crippen LogP contribution in [0.1, 0.15) is 132 Å². The third kappa shape index (κ3) is 7.46. The molecule has 0 saturated heterocycles. The van der Waals surface area contributed by atoms with Crippen molar-refractivity contribution >= 4 is 24.8 Å². The molecule has 0 spiro atoms. The van der Waals surface area contributed by atoms with Crippen LogP contribution in [0.15, 0.2) is 97.1 Å². The molecule has 0 fully saturated rings. The fourth-order valence-electron chi connectivity index (χ4n) is 8.08. The summed E-state index contributed by atoms with van der Waals surface area (Å²) in [5.74, 6) is 0. The van der Waals surface area contributed by atoms with Crippen LogP contribution in [0.25, 0.3) is 21.5 Å². The van der Waals surface area contributed by atoms with Crippen molar-refractivity contribution in [2.75, 3.05) is 0 Å². The SMILES string of the molecule is CC1(C)CCC(C)(C)c2cc3c(cc21)[cH-]c1cc2c(cc13)C(C)(C)CCC2(C)C.Cc1ccc([C](=[Zr+2])c2ccc(C)cc2)cc1.[C-]1=CC=CC1. The van der Waals surface area contributed by atoms with E-state index in [9.17, 15) is 0 Å². The molecule has 0 aromatic heterocycles. The van der Waals surface area contributed by atoms with E-state index < -0.39 is 0 Å². The van der Waals surface area contributed by atoms with Gasteiger partial charge in [-0.15, -0.1) is 46.2 Å². The van der Waals surface area contributed by atoms with Crippen molar-refractivity contribution in [3.8, 4) is 0 Å². The summed E-state index contributed by atoms with van der Waals surface area (Å²) in [7, 11) is 0. The van der Waals surface area contributed by atoms with Gasteiger partial charge in [0.2, 0.25) is 0 Å². The average molecular weight is 736 g/mol. The first-order chi connectivity index (χ1) is 23.5. The van der Waals surface area contributed by atoms with Crippen molar-refractivity contribution in [3.05, 3.63) is 148 Å². The van der Waals surface area contributed by atoms with Gasteiger partial charge in [-0.05, 0) is 47.3 Å². The van der Waals surface area contributed by atoms with Gasteiger partial charge < -0.3 is 0 Å². The van der Waals surface area contributed by atoms with Gasteiger partial charge >= 0.3 is 112 Å². The molecule has 0 amide bonds. The molecular weight excluding hydrogens is 680 g/mol. The Bertz CT molecular complexity index is 1940. The van der Waals surface area contributed by atoms with Crippen molar-refractivity contribution in [2.24, 2.45) is 0 Å². The second-order valence-electron chi connectivity index (χ2n) is 17.8. The normalized spacial score (nSPS) is 18.8. The van der Waals surface area contributed by atoms with Crippen LogP contribution in [0.2, 0.25) is 0 Å². The molecule has 3 aliphatic rings. The number of rotatable bonds is 2. The van der Waals surface area contributed by atoms with Gasteiger partial charge in [0.1, 0.15) is 0 Å². The summed E-state index contributed by atoms with van der Waals surface area (Å²) in [6.45, 7) is 23.7. The van der Waals surface area contributed by atoms with Crippen LogP contribution in [-0.2, 0) is 45.9 Å². The first kappa shape index (κ1) is 36.8. The van der Waals surface area contributed by atoms with E-state index in [4.69, 9.17) is 0 Å². The van der Waals surface area contributed by atoms with Crippen molar-refractivity contribution in [1.82, 2.24) is 0 Å². The maximum absolute atomic E-state index is 2.99. The second kappa shape index (κ2) is 13.8. The minimum atomic E-state index is 0.262. The first-order valence-corrected chi connectivity index (χ1v) is 19.9. The Morgan fingerprint density at radius 1 is 0.560 bits per heavy atom. The number of fused-ring (bicyclic) bond motifs is 5. The van der Waals surface area contributed by atoms with Gasteiger partial charge in [-0.1, -0.05) is 89.8 Å². The number of hydrogen-bond acceptors (Lipinski definition) is 0. The molecule has 0 N–H and O–H groups in total. The molecule has 0 atom stereocenters. The van der Waals surface area contributed by atoms with Gasteiger partial charge in [0.15, 0.2) is 0 Å². The average Bonchev–Trinajstić information content (AvgIpc) is 3.77. The van der Waals surface area contributed by atoms with Gasteiger partial charge in [0.05, 0.1) is 0 Å². The first-order valence-electron chi connectivity index (χ1n) is 18.7. The molecule has 50 heavy (non-hydrogen) atoms. The number of hydrogen-bond donors (Lipinski definition) is 0. The fraction of sp³-hybridized carbons (Fsp3) is 0.388. The van der Waals surface area contributed by atoms with Crippen LogP contribution < -0.4 is 0 Å². The van der Waals surface area contributed by atoms with Crippen molar-refractivity contribution in [2.45, 2.75) is 123 Å². The Morgan fingerprint density at radius 3 is 1.22 bits per heavy atom. The van der Waals surface area contributed by atoms with E-state index in [-0.39, 0.29) is 21.7 Å². The molecule has 0 bridgehead atoms. The van der Waals surface area contributed by atoms with Gasteiger partial charge in [-0.25, -0.2) is 12.2 Å². The van der Waals surface area contributed by atoms with Crippen molar-refractivity contribution in [3.63, 3.8) is 0 Å². The summed E-state index contributed by atoms with van der Waals surface area (Å²) in [6, 6.07) is 30.2. The molecule has 5 aromatic carbocycles. The van der Waals surface area contributed by atoms with Crippen LogP contribution in [0.5, 0.6) is 0 Å². The standard InChI is InChI=1S/C29H37.C15H14.C5H5.Zr/c1-26(2)9-11-28(5,6)24-16-20-18(14-22(24)26)13-19-15-23-25(17-21(19)20)29(7,8)12-10-27(23,3)4;1-12-3-7-14(8-4-12)11-15-9-5-13(2)6-10-15;1-2-4-5-3-1;/h13-17H,9-12H2,1-8H3;3-10H,1-2H3;1-3H,4H2;/q-1;;-1;+2. The van der Waals surface area contributed by atoms with Gasteiger partial charge in [-0.3, -0.25) is 6.08 Å². The van der Waals surface area contributed by atoms with E-state index >= 15 is 0 Å². The molecule has 256 valence electrons. The van der Waals surface area contributed by atoms with E-state index in [1.165, 1.54) is 96.9 Å². The zero-order valence-electron chi connectivity index (χ0n) is 32.3. The fourth-order valence-corrected chi connectivity index (χ4v) is 8.90. The number of allylic oxidation sites excluding steroid dienone is 4. The van der Waals surface area contributed by atoms with Crippen LogP contribution in [-0.4, -0.2) is 3.21 Å². The summed E-state index contributed by atoms with van der Waals surface area (Å²) in [6.07, 6.45) is 15.1. The molecule has 0 aliphatic heterocycles. The molecular formula is C49H56Zr. The van der Waals surface area contributed by atoms with Gasteiger partial charge in [0, 0.05) is 0 Å². The van der Waals surface area contributed by atoms with E-state index in [0.29, 0.717) is 0 Å². The van der Waals surface area contributed by atoms with Gasteiger partial charge in [-0.2, -0.15) is 6.08 Å². The maximum atomic E-state index is 2.99. The van der Waals surface area contributed by atoms with Crippen LogP contribution in [0.4, 0.5) is 0 Å². The Kier molecular flexibility index (Phi) is 10.2. The molecule has 3 aliphatic carbocycles. The molecule has 0 saturated carbocycles. The van der Waals surface area contributed by atoms with E-state index in [2.05, 4.69) is 160 Å². The summed E-state index contributed by atoms with van der Waals surface area (Å²) >= 11 is 1.46. The summed E-state index contributed by atoms with van der Waals surface area (Å²) in [5, 5.41) is 5.79. The molecule has 0 heterocycles. The predicted molar refractivity (Wildman–Crippen MR) is 215 cm³/mol. The third-order valence-corrected chi connectivity index (χ3v) is 13.3. The zero-order valence-corrected chi connectivity index (χ0v) is 34.7. The summed E-state index contributed by atoms with van der Waals surface area (Å²) in [5.41, 5.74) is 12.7.